The van der Waals surface area contributed by atoms with Gasteiger partial charge in [0.2, 0.25) is 5.91 Å². The van der Waals surface area contributed by atoms with Crippen molar-refractivity contribution in [1.82, 2.24) is 19.7 Å². The molecule has 0 aliphatic rings. The molecule has 0 atom stereocenters. The first-order chi connectivity index (χ1) is 15.0. The first-order valence-corrected chi connectivity index (χ1v) is 10.6. The Morgan fingerprint density at radius 3 is 2.77 bits per heavy atom. The number of ether oxygens (including phenoxy) is 1. The van der Waals surface area contributed by atoms with Crippen LogP contribution in [-0.4, -0.2) is 38.5 Å². The standard InChI is InChI=1S/C22H21N5O3S/c1-13-8-9-15(10-14(13)2)27-21(29)16-11-23-26-20(16)25-22(27)31-12-19(28)24-17-6-4-5-7-18(17)30-3/h4-11H,12H2,1-3H3,(H,23,26)(H,24,28). The highest BCUT2D eigenvalue weighted by Gasteiger charge is 2.17. The van der Waals surface area contributed by atoms with E-state index in [-0.39, 0.29) is 17.2 Å². The van der Waals surface area contributed by atoms with Gasteiger partial charge in [0.05, 0.1) is 30.4 Å². The van der Waals surface area contributed by atoms with Gasteiger partial charge in [-0.1, -0.05) is 30.0 Å². The van der Waals surface area contributed by atoms with Crippen LogP contribution in [-0.2, 0) is 4.79 Å². The highest BCUT2D eigenvalue weighted by atomic mass is 32.2. The van der Waals surface area contributed by atoms with Crippen LogP contribution in [0.15, 0.2) is 58.6 Å². The minimum absolute atomic E-state index is 0.0645. The van der Waals surface area contributed by atoms with Crippen LogP contribution in [0.3, 0.4) is 0 Å². The third-order valence-corrected chi connectivity index (χ3v) is 5.85. The van der Waals surface area contributed by atoms with Crippen LogP contribution in [0.25, 0.3) is 16.7 Å². The number of anilines is 1. The molecule has 0 unspecified atom stereocenters. The molecule has 2 heterocycles. The maximum absolute atomic E-state index is 13.2. The van der Waals surface area contributed by atoms with Gasteiger partial charge in [0.15, 0.2) is 10.8 Å². The largest absolute Gasteiger partial charge is 0.495 e. The monoisotopic (exact) mass is 435 g/mol. The Morgan fingerprint density at radius 2 is 2.00 bits per heavy atom. The number of aromatic amines is 1. The minimum atomic E-state index is -0.241. The molecular weight excluding hydrogens is 414 g/mol. The van der Waals surface area contributed by atoms with Crippen molar-refractivity contribution in [2.24, 2.45) is 0 Å². The van der Waals surface area contributed by atoms with Gasteiger partial charge in [-0.15, -0.1) is 0 Å². The Labute approximate surface area is 182 Å². The second-order valence-electron chi connectivity index (χ2n) is 6.97. The van der Waals surface area contributed by atoms with E-state index in [1.165, 1.54) is 22.5 Å². The predicted octanol–water partition coefficient (Wildman–Crippen LogP) is 3.47. The van der Waals surface area contributed by atoms with Gasteiger partial charge in [0.1, 0.15) is 11.1 Å². The highest BCUT2D eigenvalue weighted by molar-refractivity contribution is 7.99. The van der Waals surface area contributed by atoms with Gasteiger partial charge in [-0.2, -0.15) is 5.10 Å². The van der Waals surface area contributed by atoms with E-state index in [0.717, 1.165) is 11.1 Å². The number of methoxy groups -OCH3 is 1. The lowest BCUT2D eigenvalue weighted by atomic mass is 10.1. The van der Waals surface area contributed by atoms with Crippen molar-refractivity contribution in [3.8, 4) is 11.4 Å². The van der Waals surface area contributed by atoms with E-state index in [1.54, 1.807) is 19.2 Å². The van der Waals surface area contributed by atoms with Crippen molar-refractivity contribution in [3.63, 3.8) is 0 Å². The molecule has 4 aromatic rings. The van der Waals surface area contributed by atoms with E-state index in [9.17, 15) is 9.59 Å². The van der Waals surface area contributed by atoms with Gasteiger partial charge in [0, 0.05) is 0 Å². The van der Waals surface area contributed by atoms with E-state index in [4.69, 9.17) is 4.74 Å². The van der Waals surface area contributed by atoms with Crippen LogP contribution >= 0.6 is 11.8 Å². The average Bonchev–Trinajstić information content (AvgIpc) is 3.24. The van der Waals surface area contributed by atoms with E-state index in [2.05, 4.69) is 20.5 Å². The van der Waals surface area contributed by atoms with Gasteiger partial charge in [-0.3, -0.25) is 19.3 Å². The summed E-state index contributed by atoms with van der Waals surface area (Å²) in [6.07, 6.45) is 1.46. The van der Waals surface area contributed by atoms with Gasteiger partial charge in [-0.25, -0.2) is 4.98 Å². The maximum atomic E-state index is 13.2. The fraction of sp³-hybridized carbons (Fsp3) is 0.182. The van der Waals surface area contributed by atoms with Gasteiger partial charge >= 0.3 is 0 Å². The summed E-state index contributed by atoms with van der Waals surface area (Å²) in [6.45, 7) is 4.00. The number of fused-ring (bicyclic) bond motifs is 1. The SMILES string of the molecule is COc1ccccc1NC(=O)CSc1nc2[nH]ncc2c(=O)n1-c1ccc(C)c(C)c1. The van der Waals surface area contributed by atoms with Crippen molar-refractivity contribution in [1.29, 1.82) is 0 Å². The first kappa shape index (κ1) is 20.7. The van der Waals surface area contributed by atoms with E-state index < -0.39 is 0 Å². The van der Waals surface area contributed by atoms with Crippen molar-refractivity contribution in [3.05, 3.63) is 70.1 Å². The smallest absolute Gasteiger partial charge is 0.269 e. The summed E-state index contributed by atoms with van der Waals surface area (Å²) >= 11 is 1.18. The molecule has 4 rings (SSSR count). The minimum Gasteiger partial charge on any atom is -0.495 e. The molecule has 0 saturated heterocycles. The van der Waals surface area contributed by atoms with Gasteiger partial charge < -0.3 is 10.1 Å². The number of thioether (sulfide) groups is 1. The molecule has 0 aliphatic carbocycles. The fourth-order valence-corrected chi connectivity index (χ4v) is 3.93. The van der Waals surface area contributed by atoms with Crippen LogP contribution in [0.2, 0.25) is 0 Å². The van der Waals surface area contributed by atoms with Crippen LogP contribution in [0.4, 0.5) is 5.69 Å². The molecule has 0 spiro atoms. The number of amides is 1. The number of hydrogen-bond donors (Lipinski definition) is 2. The predicted molar refractivity (Wildman–Crippen MR) is 121 cm³/mol. The third kappa shape index (κ3) is 4.17. The maximum Gasteiger partial charge on any atom is 0.269 e. The molecule has 0 aliphatic heterocycles. The lowest BCUT2D eigenvalue weighted by Crippen LogP contribution is -2.22. The number of para-hydroxylation sites is 2. The first-order valence-electron chi connectivity index (χ1n) is 9.57. The van der Waals surface area contributed by atoms with Crippen LogP contribution in [0.5, 0.6) is 5.75 Å². The number of rotatable bonds is 6. The molecular formula is C22H21N5O3S. The molecule has 1 amide bonds. The summed E-state index contributed by atoms with van der Waals surface area (Å²) in [7, 11) is 1.55. The molecule has 0 radical (unpaired) electrons. The number of aromatic nitrogens is 4. The Balaban J connectivity index is 1.66. The van der Waals surface area contributed by atoms with Crippen molar-refractivity contribution in [2.45, 2.75) is 19.0 Å². The molecule has 2 N–H and O–H groups in total. The number of aryl methyl sites for hydroxylation is 2. The number of benzene rings is 2. The highest BCUT2D eigenvalue weighted by Crippen LogP contribution is 2.25. The summed E-state index contributed by atoms with van der Waals surface area (Å²) in [5, 5.41) is 10.3. The Kier molecular flexibility index (Phi) is 5.77. The zero-order valence-corrected chi connectivity index (χ0v) is 18.1. The fourth-order valence-electron chi connectivity index (χ4n) is 3.13. The number of nitrogens with zero attached hydrogens (tertiary/aromatic N) is 3. The summed E-state index contributed by atoms with van der Waals surface area (Å²) in [5.74, 6) is 0.402. The molecule has 2 aromatic carbocycles. The van der Waals surface area contributed by atoms with E-state index in [0.29, 0.717) is 33.3 Å². The number of nitrogens with one attached hydrogen (secondary N) is 2. The summed E-state index contributed by atoms with van der Waals surface area (Å²) in [4.78, 5) is 30.3. The van der Waals surface area contributed by atoms with Crippen molar-refractivity contribution >= 4 is 34.4 Å². The van der Waals surface area contributed by atoms with Gasteiger partial charge in [-0.05, 0) is 49.2 Å². The average molecular weight is 436 g/mol. The third-order valence-electron chi connectivity index (χ3n) is 4.91. The number of H-pyrrole nitrogens is 1. The molecule has 0 fully saturated rings. The number of carbonyl (C=O) groups is 1. The quantitative estimate of drug-likeness (QED) is 0.355. The topological polar surface area (TPSA) is 102 Å². The zero-order chi connectivity index (χ0) is 22.0. The van der Waals surface area contributed by atoms with Crippen molar-refractivity contribution < 1.29 is 9.53 Å². The Morgan fingerprint density at radius 1 is 1.19 bits per heavy atom. The summed E-state index contributed by atoms with van der Waals surface area (Å²) in [6, 6.07) is 12.9. The van der Waals surface area contributed by atoms with Crippen molar-refractivity contribution in [2.75, 3.05) is 18.2 Å². The lowest BCUT2D eigenvalue weighted by Gasteiger charge is -2.14. The van der Waals surface area contributed by atoms with E-state index >= 15 is 0 Å². The Hall–Kier alpha value is -3.59. The van der Waals surface area contributed by atoms with E-state index in [1.807, 2.05) is 44.2 Å². The molecule has 9 heteroatoms. The zero-order valence-electron chi connectivity index (χ0n) is 17.3. The van der Waals surface area contributed by atoms with Gasteiger partial charge in [0.25, 0.3) is 5.56 Å². The Bertz CT molecular complexity index is 1330. The second-order valence-corrected chi connectivity index (χ2v) is 7.92. The summed E-state index contributed by atoms with van der Waals surface area (Å²) < 4.78 is 6.79. The molecule has 2 aromatic heterocycles. The molecule has 0 saturated carbocycles. The molecule has 158 valence electrons. The van der Waals surface area contributed by atoms with Crippen LogP contribution < -0.4 is 15.6 Å². The molecule has 31 heavy (non-hydrogen) atoms. The van der Waals surface area contributed by atoms with Crippen LogP contribution in [0, 0.1) is 13.8 Å². The second kappa shape index (κ2) is 8.65. The van der Waals surface area contributed by atoms with Crippen LogP contribution in [0.1, 0.15) is 11.1 Å². The summed E-state index contributed by atoms with van der Waals surface area (Å²) in [5.41, 5.74) is 3.60. The lowest BCUT2D eigenvalue weighted by molar-refractivity contribution is -0.113. The molecule has 0 bridgehead atoms. The normalized spacial score (nSPS) is 10.9. The number of carbonyl (C=O) groups excluding carboxylic acids is 1. The number of hydrogen-bond acceptors (Lipinski definition) is 6. The molecule has 8 nitrogen and oxygen atoms in total.